The zero-order valence-electron chi connectivity index (χ0n) is 11.3. The number of anilines is 1. The highest BCUT2D eigenvalue weighted by Gasteiger charge is 2.20. The molecule has 0 saturated heterocycles. The lowest BCUT2D eigenvalue weighted by atomic mass is 10.3. The standard InChI is InChI=1S/C10H20N4O3S2/c1-4-14-7-9(10(11)13-14)19(16,17)12-6-5-8(2)18(3)15/h7-8,12H,4-6H2,1-3H3,(H2,11,13). The molecule has 1 aromatic rings. The Morgan fingerprint density at radius 3 is 2.68 bits per heavy atom. The number of hydrogen-bond acceptors (Lipinski definition) is 5. The average Bonchev–Trinajstić information content (AvgIpc) is 2.70. The van der Waals surface area contributed by atoms with E-state index in [4.69, 9.17) is 5.73 Å². The van der Waals surface area contributed by atoms with Gasteiger partial charge in [0.2, 0.25) is 10.0 Å². The molecule has 110 valence electrons. The molecule has 1 rings (SSSR count). The van der Waals surface area contributed by atoms with Gasteiger partial charge in [0, 0.05) is 41.6 Å². The molecule has 0 fully saturated rings. The number of nitrogens with two attached hydrogens (primary N) is 1. The van der Waals surface area contributed by atoms with E-state index >= 15 is 0 Å². The van der Waals surface area contributed by atoms with Gasteiger partial charge in [-0.05, 0) is 13.3 Å². The first kappa shape index (κ1) is 16.1. The van der Waals surface area contributed by atoms with E-state index in [-0.39, 0.29) is 22.5 Å². The highest BCUT2D eigenvalue weighted by atomic mass is 32.2. The van der Waals surface area contributed by atoms with Crippen LogP contribution in [0.1, 0.15) is 20.3 Å². The van der Waals surface area contributed by atoms with Crippen molar-refractivity contribution in [3.05, 3.63) is 6.20 Å². The second kappa shape index (κ2) is 6.49. The predicted octanol–water partition coefficient (Wildman–Crippen LogP) is -0.0794. The van der Waals surface area contributed by atoms with Crippen LogP contribution >= 0.6 is 0 Å². The molecule has 1 heterocycles. The summed E-state index contributed by atoms with van der Waals surface area (Å²) in [6.07, 6.45) is 3.51. The summed E-state index contributed by atoms with van der Waals surface area (Å²) in [7, 11) is -4.62. The summed E-state index contributed by atoms with van der Waals surface area (Å²) in [6.45, 7) is 4.42. The van der Waals surface area contributed by atoms with Crippen molar-refractivity contribution in [1.82, 2.24) is 14.5 Å². The van der Waals surface area contributed by atoms with Crippen molar-refractivity contribution in [1.29, 1.82) is 0 Å². The molecule has 7 nitrogen and oxygen atoms in total. The Bertz CT molecular complexity index is 553. The number of hydrogen-bond donors (Lipinski definition) is 2. The van der Waals surface area contributed by atoms with E-state index in [9.17, 15) is 12.6 Å². The van der Waals surface area contributed by atoms with Gasteiger partial charge in [-0.3, -0.25) is 8.89 Å². The molecule has 0 aliphatic heterocycles. The summed E-state index contributed by atoms with van der Waals surface area (Å²) in [5.74, 6) is -0.0125. The second-order valence-corrected chi connectivity index (χ2v) is 7.77. The molecule has 0 radical (unpaired) electrons. The maximum atomic E-state index is 12.0. The fourth-order valence-electron chi connectivity index (χ4n) is 1.43. The van der Waals surface area contributed by atoms with Crippen LogP contribution in [0, 0.1) is 0 Å². The van der Waals surface area contributed by atoms with Crippen molar-refractivity contribution in [3.8, 4) is 0 Å². The minimum absolute atomic E-state index is 0.0125. The molecule has 9 heteroatoms. The molecule has 0 aliphatic rings. The van der Waals surface area contributed by atoms with E-state index < -0.39 is 20.8 Å². The Labute approximate surface area is 116 Å². The zero-order chi connectivity index (χ0) is 14.6. The molecule has 0 saturated carbocycles. The van der Waals surface area contributed by atoms with Gasteiger partial charge in [-0.25, -0.2) is 13.1 Å². The number of aromatic nitrogens is 2. The number of nitrogen functional groups attached to an aromatic ring is 1. The van der Waals surface area contributed by atoms with Gasteiger partial charge in [-0.2, -0.15) is 5.10 Å². The molecule has 0 aromatic carbocycles. The third kappa shape index (κ3) is 4.29. The average molecular weight is 308 g/mol. The lowest BCUT2D eigenvalue weighted by Gasteiger charge is -2.09. The Hall–Kier alpha value is -0.930. The first-order valence-corrected chi connectivity index (χ1v) is 9.03. The summed E-state index contributed by atoms with van der Waals surface area (Å²) in [6, 6.07) is 0. The van der Waals surface area contributed by atoms with Crippen LogP contribution in [0.4, 0.5) is 5.82 Å². The fraction of sp³-hybridized carbons (Fsp3) is 0.700. The van der Waals surface area contributed by atoms with Crippen LogP contribution in [-0.4, -0.2) is 40.5 Å². The van der Waals surface area contributed by atoms with E-state index in [0.29, 0.717) is 13.0 Å². The van der Waals surface area contributed by atoms with Crippen molar-refractivity contribution < 1.29 is 12.6 Å². The molecular formula is C10H20N4O3S2. The lowest BCUT2D eigenvalue weighted by Crippen LogP contribution is -2.28. The highest BCUT2D eigenvalue weighted by Crippen LogP contribution is 2.15. The molecule has 0 aliphatic carbocycles. The Kier molecular flexibility index (Phi) is 5.50. The summed E-state index contributed by atoms with van der Waals surface area (Å²) in [5.41, 5.74) is 5.58. The second-order valence-electron chi connectivity index (χ2n) is 4.23. The van der Waals surface area contributed by atoms with E-state index in [2.05, 4.69) is 9.82 Å². The van der Waals surface area contributed by atoms with Crippen LogP contribution in [0.25, 0.3) is 0 Å². The first-order valence-electron chi connectivity index (χ1n) is 5.92. The smallest absolute Gasteiger partial charge is 0.245 e. The van der Waals surface area contributed by atoms with Gasteiger partial charge in [0.25, 0.3) is 0 Å². The van der Waals surface area contributed by atoms with Gasteiger partial charge in [0.1, 0.15) is 4.90 Å². The van der Waals surface area contributed by atoms with Gasteiger partial charge in [0.05, 0.1) is 0 Å². The van der Waals surface area contributed by atoms with Crippen LogP contribution in [0.15, 0.2) is 11.1 Å². The summed E-state index contributed by atoms with van der Waals surface area (Å²) in [5, 5.41) is 3.84. The summed E-state index contributed by atoms with van der Waals surface area (Å²) in [4.78, 5) is -0.0142. The van der Waals surface area contributed by atoms with Gasteiger partial charge in [0.15, 0.2) is 5.82 Å². The minimum Gasteiger partial charge on any atom is -0.381 e. The van der Waals surface area contributed by atoms with Gasteiger partial charge in [-0.15, -0.1) is 0 Å². The molecule has 2 atom stereocenters. The Balaban J connectivity index is 2.71. The Morgan fingerprint density at radius 2 is 2.21 bits per heavy atom. The summed E-state index contributed by atoms with van der Waals surface area (Å²) >= 11 is 0. The molecule has 0 spiro atoms. The third-order valence-corrected chi connectivity index (χ3v) is 5.62. The fourth-order valence-corrected chi connectivity index (χ4v) is 3.00. The predicted molar refractivity (Wildman–Crippen MR) is 75.6 cm³/mol. The minimum atomic E-state index is -3.66. The first-order chi connectivity index (χ1) is 8.77. The quantitative estimate of drug-likeness (QED) is 0.732. The van der Waals surface area contributed by atoms with Gasteiger partial charge < -0.3 is 5.73 Å². The molecule has 0 bridgehead atoms. The van der Waals surface area contributed by atoms with E-state index in [1.54, 1.807) is 6.26 Å². The normalized spacial score (nSPS) is 15.3. The van der Waals surface area contributed by atoms with Gasteiger partial charge >= 0.3 is 0 Å². The Morgan fingerprint density at radius 1 is 1.58 bits per heavy atom. The molecular weight excluding hydrogens is 288 g/mol. The monoisotopic (exact) mass is 308 g/mol. The highest BCUT2D eigenvalue weighted by molar-refractivity contribution is 7.89. The van der Waals surface area contributed by atoms with Crippen LogP contribution in [0.2, 0.25) is 0 Å². The molecule has 3 N–H and O–H groups in total. The number of aryl methyl sites for hydroxylation is 1. The largest absolute Gasteiger partial charge is 0.381 e. The van der Waals surface area contributed by atoms with Crippen LogP contribution in [-0.2, 0) is 27.4 Å². The molecule has 1 aromatic heterocycles. The van der Waals surface area contributed by atoms with Crippen molar-refractivity contribution in [3.63, 3.8) is 0 Å². The van der Waals surface area contributed by atoms with Crippen LogP contribution in [0.5, 0.6) is 0 Å². The van der Waals surface area contributed by atoms with Crippen molar-refractivity contribution in [2.75, 3.05) is 18.5 Å². The molecule has 0 amide bonds. The number of sulfonamides is 1. The lowest BCUT2D eigenvalue weighted by molar-refractivity contribution is 0.577. The third-order valence-electron chi connectivity index (χ3n) is 2.78. The van der Waals surface area contributed by atoms with E-state index in [0.717, 1.165) is 0 Å². The van der Waals surface area contributed by atoms with Crippen molar-refractivity contribution in [2.24, 2.45) is 0 Å². The van der Waals surface area contributed by atoms with Crippen LogP contribution in [0.3, 0.4) is 0 Å². The summed E-state index contributed by atoms with van der Waals surface area (Å²) < 4.78 is 39.1. The SMILES string of the molecule is CCn1cc(S(=O)(=O)NCCC(C)S(C)=O)c(N)n1. The van der Waals surface area contributed by atoms with Gasteiger partial charge in [-0.1, -0.05) is 6.92 Å². The number of rotatable bonds is 7. The maximum Gasteiger partial charge on any atom is 0.245 e. The van der Waals surface area contributed by atoms with Crippen molar-refractivity contribution >= 4 is 26.6 Å². The molecule has 19 heavy (non-hydrogen) atoms. The topological polar surface area (TPSA) is 107 Å². The van der Waals surface area contributed by atoms with E-state index in [1.807, 2.05) is 13.8 Å². The molecule has 2 unspecified atom stereocenters. The van der Waals surface area contributed by atoms with E-state index in [1.165, 1.54) is 10.9 Å². The zero-order valence-corrected chi connectivity index (χ0v) is 12.9. The maximum absolute atomic E-state index is 12.0. The van der Waals surface area contributed by atoms with Crippen molar-refractivity contribution in [2.45, 2.75) is 37.0 Å². The van der Waals surface area contributed by atoms with Crippen LogP contribution < -0.4 is 10.5 Å². The number of nitrogens with zero attached hydrogens (tertiary/aromatic N) is 2. The number of nitrogens with one attached hydrogen (secondary N) is 1.